The van der Waals surface area contributed by atoms with Gasteiger partial charge in [0.1, 0.15) is 17.9 Å². The summed E-state index contributed by atoms with van der Waals surface area (Å²) in [4.78, 5) is 33.2. The Morgan fingerprint density at radius 3 is 2.51 bits per heavy atom. The second-order valence-electron chi connectivity index (χ2n) is 7.85. The number of likely N-dealkylation sites (N-methyl/N-ethyl adjacent to an activating group) is 1. The highest BCUT2D eigenvalue weighted by Gasteiger charge is 2.17. The van der Waals surface area contributed by atoms with E-state index < -0.39 is 5.91 Å². The van der Waals surface area contributed by atoms with Crippen LogP contribution >= 0.6 is 0 Å². The minimum Gasteiger partial charge on any atom is -0.497 e. The van der Waals surface area contributed by atoms with Crippen molar-refractivity contribution in [1.82, 2.24) is 15.3 Å². The van der Waals surface area contributed by atoms with Gasteiger partial charge in [-0.25, -0.2) is 9.97 Å². The molecule has 0 radical (unpaired) electrons. The van der Waals surface area contributed by atoms with Gasteiger partial charge in [0.2, 0.25) is 0 Å². The Balaban J connectivity index is 1.59. The van der Waals surface area contributed by atoms with E-state index in [-0.39, 0.29) is 11.9 Å². The second kappa shape index (κ2) is 10.6. The highest BCUT2D eigenvalue weighted by atomic mass is 16.5. The Morgan fingerprint density at radius 2 is 1.80 bits per heavy atom. The summed E-state index contributed by atoms with van der Waals surface area (Å²) in [6.07, 6.45) is 1.40. The first-order chi connectivity index (χ1) is 17.0. The molecule has 178 valence electrons. The highest BCUT2D eigenvalue weighted by molar-refractivity contribution is 6.07. The van der Waals surface area contributed by atoms with Gasteiger partial charge in [0.05, 0.1) is 24.2 Å². The number of nitrogens with one attached hydrogen (secondary N) is 3. The van der Waals surface area contributed by atoms with Crippen LogP contribution in [0.4, 0.5) is 11.5 Å². The van der Waals surface area contributed by atoms with Crippen LogP contribution in [-0.2, 0) is 0 Å². The van der Waals surface area contributed by atoms with Crippen molar-refractivity contribution in [3.05, 3.63) is 89.7 Å². The van der Waals surface area contributed by atoms with Gasteiger partial charge in [0, 0.05) is 23.2 Å². The number of hydrogen-bond donors (Lipinski definition) is 4. The van der Waals surface area contributed by atoms with Crippen LogP contribution in [-0.4, -0.2) is 42.5 Å². The first-order valence-electron chi connectivity index (χ1n) is 11.0. The largest absolute Gasteiger partial charge is 0.497 e. The molecule has 0 fully saturated rings. The standard InChI is InChI=1S/C26H26N6O3/c1-28-14-22(32-25-21-8-4-7-20(24(27)33)23(21)29-15-30-25)17-5-3-6-18(13-17)31-26(34)16-9-11-19(35-2)12-10-16/h3-13,15,22,28H,14H2,1-2H3,(H2,27,33)(H,31,34)(H,29,30,32). The molecule has 1 unspecified atom stereocenters. The third-order valence-electron chi connectivity index (χ3n) is 5.55. The molecule has 2 amide bonds. The lowest BCUT2D eigenvalue weighted by Crippen LogP contribution is -2.24. The topological polar surface area (TPSA) is 131 Å². The third-order valence-corrected chi connectivity index (χ3v) is 5.55. The number of nitrogens with two attached hydrogens (primary N) is 1. The fourth-order valence-electron chi connectivity index (χ4n) is 3.80. The maximum absolute atomic E-state index is 12.7. The van der Waals surface area contributed by atoms with E-state index in [1.807, 2.05) is 37.4 Å². The van der Waals surface area contributed by atoms with Gasteiger partial charge in [-0.1, -0.05) is 18.2 Å². The number of fused-ring (bicyclic) bond motifs is 1. The highest BCUT2D eigenvalue weighted by Crippen LogP contribution is 2.27. The Labute approximate surface area is 202 Å². The van der Waals surface area contributed by atoms with E-state index >= 15 is 0 Å². The molecule has 0 spiro atoms. The number of nitrogens with zero attached hydrogens (tertiary/aromatic N) is 2. The predicted octanol–water partition coefficient (Wildman–Crippen LogP) is 3.36. The predicted molar refractivity (Wildman–Crippen MR) is 136 cm³/mol. The average molecular weight is 471 g/mol. The number of aromatic nitrogens is 2. The zero-order valence-corrected chi connectivity index (χ0v) is 19.4. The summed E-state index contributed by atoms with van der Waals surface area (Å²) in [5, 5.41) is 10.3. The number of hydrogen-bond acceptors (Lipinski definition) is 7. The molecule has 3 aromatic carbocycles. The maximum atomic E-state index is 12.7. The molecule has 5 N–H and O–H groups in total. The maximum Gasteiger partial charge on any atom is 0.255 e. The lowest BCUT2D eigenvalue weighted by Gasteiger charge is -2.21. The third kappa shape index (κ3) is 5.36. The molecule has 0 aliphatic rings. The van der Waals surface area contributed by atoms with Crippen molar-refractivity contribution in [2.24, 2.45) is 5.73 Å². The number of anilines is 2. The van der Waals surface area contributed by atoms with E-state index in [1.54, 1.807) is 43.5 Å². The molecule has 0 bridgehead atoms. The summed E-state index contributed by atoms with van der Waals surface area (Å²) in [5.41, 5.74) is 8.46. The van der Waals surface area contributed by atoms with Gasteiger partial charge in [-0.3, -0.25) is 9.59 Å². The van der Waals surface area contributed by atoms with Crippen LogP contribution in [0, 0.1) is 0 Å². The summed E-state index contributed by atoms with van der Waals surface area (Å²) in [6.45, 7) is 0.580. The Bertz CT molecular complexity index is 1360. The van der Waals surface area contributed by atoms with Gasteiger partial charge in [-0.05, 0) is 61.1 Å². The Morgan fingerprint density at radius 1 is 1.03 bits per heavy atom. The molecule has 1 aromatic heterocycles. The first-order valence-corrected chi connectivity index (χ1v) is 11.0. The molecule has 9 heteroatoms. The molecule has 9 nitrogen and oxygen atoms in total. The molecule has 4 aromatic rings. The summed E-state index contributed by atoms with van der Waals surface area (Å²) in [7, 11) is 3.43. The van der Waals surface area contributed by atoms with E-state index in [1.165, 1.54) is 6.33 Å². The van der Waals surface area contributed by atoms with E-state index in [2.05, 4.69) is 25.9 Å². The minimum atomic E-state index is -0.549. The lowest BCUT2D eigenvalue weighted by atomic mass is 10.0. The van der Waals surface area contributed by atoms with Gasteiger partial charge in [-0.15, -0.1) is 0 Å². The normalized spacial score (nSPS) is 11.6. The Kier molecular flexibility index (Phi) is 7.18. The summed E-state index contributed by atoms with van der Waals surface area (Å²) >= 11 is 0. The van der Waals surface area contributed by atoms with Gasteiger partial charge in [-0.2, -0.15) is 0 Å². The number of benzene rings is 3. The van der Waals surface area contributed by atoms with Crippen LogP contribution in [0.15, 0.2) is 73.1 Å². The van der Waals surface area contributed by atoms with Gasteiger partial charge in [0.15, 0.2) is 0 Å². The van der Waals surface area contributed by atoms with E-state index in [9.17, 15) is 9.59 Å². The van der Waals surface area contributed by atoms with Crippen molar-refractivity contribution in [3.8, 4) is 5.75 Å². The zero-order valence-electron chi connectivity index (χ0n) is 19.4. The Hall–Kier alpha value is -4.50. The van der Waals surface area contributed by atoms with Crippen LogP contribution in [0.3, 0.4) is 0 Å². The number of para-hydroxylation sites is 1. The van der Waals surface area contributed by atoms with Gasteiger partial charge >= 0.3 is 0 Å². The lowest BCUT2D eigenvalue weighted by molar-refractivity contribution is 0.0998. The molecular formula is C26H26N6O3. The number of ether oxygens (including phenoxy) is 1. The fourth-order valence-corrected chi connectivity index (χ4v) is 3.80. The number of methoxy groups -OCH3 is 1. The number of carbonyl (C=O) groups excluding carboxylic acids is 2. The minimum absolute atomic E-state index is 0.187. The second-order valence-corrected chi connectivity index (χ2v) is 7.85. The average Bonchev–Trinajstić information content (AvgIpc) is 2.88. The van der Waals surface area contributed by atoms with Crippen molar-refractivity contribution >= 4 is 34.2 Å². The molecule has 4 rings (SSSR count). The SMILES string of the molecule is CNCC(Nc1ncnc2c(C(N)=O)cccc12)c1cccc(NC(=O)c2ccc(OC)cc2)c1. The molecule has 1 atom stereocenters. The monoisotopic (exact) mass is 470 g/mol. The summed E-state index contributed by atoms with van der Waals surface area (Å²) in [5.74, 6) is 0.492. The first kappa shape index (κ1) is 23.7. The van der Waals surface area contributed by atoms with Crippen LogP contribution in [0.2, 0.25) is 0 Å². The number of primary amides is 1. The van der Waals surface area contributed by atoms with Gasteiger partial charge < -0.3 is 26.4 Å². The van der Waals surface area contributed by atoms with E-state index in [0.29, 0.717) is 45.8 Å². The quantitative estimate of drug-likeness (QED) is 0.295. The van der Waals surface area contributed by atoms with Gasteiger partial charge in [0.25, 0.3) is 11.8 Å². The molecule has 35 heavy (non-hydrogen) atoms. The van der Waals surface area contributed by atoms with Crippen molar-refractivity contribution in [3.63, 3.8) is 0 Å². The molecule has 0 saturated carbocycles. The van der Waals surface area contributed by atoms with Crippen molar-refractivity contribution in [2.75, 3.05) is 31.3 Å². The zero-order chi connectivity index (χ0) is 24.8. The van der Waals surface area contributed by atoms with E-state index in [0.717, 1.165) is 5.56 Å². The number of rotatable bonds is 9. The van der Waals surface area contributed by atoms with Crippen LogP contribution in [0.5, 0.6) is 5.75 Å². The van der Waals surface area contributed by atoms with Crippen molar-refractivity contribution < 1.29 is 14.3 Å². The smallest absolute Gasteiger partial charge is 0.255 e. The summed E-state index contributed by atoms with van der Waals surface area (Å²) < 4.78 is 5.15. The molecule has 0 aliphatic carbocycles. The summed E-state index contributed by atoms with van der Waals surface area (Å²) in [6, 6.07) is 19.5. The molecule has 0 aliphatic heterocycles. The van der Waals surface area contributed by atoms with Crippen LogP contribution in [0.1, 0.15) is 32.3 Å². The number of amides is 2. The number of carbonyl (C=O) groups is 2. The van der Waals surface area contributed by atoms with Crippen molar-refractivity contribution in [2.45, 2.75) is 6.04 Å². The molecule has 0 saturated heterocycles. The fraction of sp³-hybridized carbons (Fsp3) is 0.154. The van der Waals surface area contributed by atoms with Crippen LogP contribution < -0.4 is 26.4 Å². The van der Waals surface area contributed by atoms with Crippen molar-refractivity contribution in [1.29, 1.82) is 0 Å². The molecular weight excluding hydrogens is 444 g/mol. The van der Waals surface area contributed by atoms with E-state index in [4.69, 9.17) is 10.5 Å². The van der Waals surface area contributed by atoms with Crippen LogP contribution in [0.25, 0.3) is 10.9 Å². The molecule has 1 heterocycles.